The number of hydrogen-bond donors (Lipinski definition) is 3. The lowest BCUT2D eigenvalue weighted by Gasteiger charge is -2.30. The van der Waals surface area contributed by atoms with E-state index < -0.39 is 11.6 Å². The van der Waals surface area contributed by atoms with Gasteiger partial charge in [0.25, 0.3) is 5.91 Å². The van der Waals surface area contributed by atoms with Crippen molar-refractivity contribution in [3.8, 4) is 17.2 Å². The number of amides is 1. The smallest absolute Gasteiger partial charge is 0.266 e. The Bertz CT molecular complexity index is 1660. The number of hydrogen-bond acceptors (Lipinski definition) is 8. The first-order valence-corrected chi connectivity index (χ1v) is 15.7. The molecule has 0 radical (unpaired) electrons. The minimum Gasteiger partial charge on any atom is -0.497 e. The van der Waals surface area contributed by atoms with Crippen molar-refractivity contribution in [2.24, 2.45) is 4.99 Å². The van der Waals surface area contributed by atoms with Gasteiger partial charge in [-0.1, -0.05) is 72.8 Å². The second-order valence-electron chi connectivity index (χ2n) is 11.0. The summed E-state index contributed by atoms with van der Waals surface area (Å²) in [6.07, 6.45) is 4.63. The Morgan fingerprint density at radius 3 is 2.49 bits per heavy atom. The maximum absolute atomic E-state index is 14.4. The van der Waals surface area contributed by atoms with Crippen LogP contribution in [0.2, 0.25) is 0 Å². The zero-order valence-electron chi connectivity index (χ0n) is 26.7. The van der Waals surface area contributed by atoms with E-state index in [-0.39, 0.29) is 18.9 Å². The van der Waals surface area contributed by atoms with Crippen LogP contribution in [0.25, 0.3) is 6.08 Å². The van der Waals surface area contributed by atoms with Crippen LogP contribution in [0.15, 0.2) is 114 Å². The predicted octanol–water partition coefficient (Wildman–Crippen LogP) is 5.69. The molecule has 0 aromatic heterocycles. The SMILES string of the molecule is COc1cccc([C@@H]2OC(c3ccc(OCCCO)cc3)=N[C@]2(C/C=C/c2ccccc2)C(=O)NNCCc2ccccc2OC)c1. The van der Waals surface area contributed by atoms with Gasteiger partial charge in [-0.3, -0.25) is 10.2 Å². The van der Waals surface area contributed by atoms with Crippen LogP contribution in [0.3, 0.4) is 0 Å². The van der Waals surface area contributed by atoms with Gasteiger partial charge in [0.1, 0.15) is 17.2 Å². The highest BCUT2D eigenvalue weighted by Gasteiger charge is 2.52. The Hall–Kier alpha value is -5.12. The Labute approximate surface area is 275 Å². The fourth-order valence-electron chi connectivity index (χ4n) is 5.42. The summed E-state index contributed by atoms with van der Waals surface area (Å²) in [6, 6.07) is 32.6. The molecule has 0 spiro atoms. The molecule has 1 heterocycles. The topological polar surface area (TPSA) is 111 Å². The van der Waals surface area contributed by atoms with Crippen LogP contribution >= 0.6 is 0 Å². The predicted molar refractivity (Wildman–Crippen MR) is 183 cm³/mol. The summed E-state index contributed by atoms with van der Waals surface area (Å²) in [6.45, 7) is 0.944. The number of carbonyl (C=O) groups excluding carboxylic acids is 1. The van der Waals surface area contributed by atoms with Gasteiger partial charge in [-0.15, -0.1) is 0 Å². The molecule has 9 heteroatoms. The standard InChI is InChI=1S/C38H41N3O6/c1-44-33-16-8-15-31(27-33)35-38(23-9-13-28-11-4-3-5-12-28,37(43)41-39-24-22-29-14-6-7-17-34(29)45-2)40-36(47-35)30-18-20-32(21-19-30)46-26-10-25-42/h3-9,11-21,27,35,39,42H,10,22-26H2,1-2H3,(H,41,43)/b13-9+/t35-,38-/m0/s1. The van der Waals surface area contributed by atoms with Crippen LogP contribution in [-0.2, 0) is 16.0 Å². The van der Waals surface area contributed by atoms with Gasteiger partial charge in [-0.25, -0.2) is 10.4 Å². The average Bonchev–Trinajstić information content (AvgIpc) is 3.52. The summed E-state index contributed by atoms with van der Waals surface area (Å²) in [5.41, 5.74) is 8.19. The molecule has 47 heavy (non-hydrogen) atoms. The number of aliphatic hydroxyl groups excluding tert-OH is 1. The van der Waals surface area contributed by atoms with Crippen molar-refractivity contribution >= 4 is 17.9 Å². The minimum atomic E-state index is -1.36. The number of hydrazine groups is 1. The van der Waals surface area contributed by atoms with Gasteiger partial charge in [-0.2, -0.15) is 0 Å². The van der Waals surface area contributed by atoms with E-state index in [4.69, 9.17) is 29.0 Å². The number of nitrogens with one attached hydrogen (secondary N) is 2. The number of para-hydroxylation sites is 1. The van der Waals surface area contributed by atoms with E-state index in [1.54, 1.807) is 14.2 Å². The molecule has 9 nitrogen and oxygen atoms in total. The van der Waals surface area contributed by atoms with Crippen molar-refractivity contribution in [3.63, 3.8) is 0 Å². The van der Waals surface area contributed by atoms with E-state index in [2.05, 4.69) is 10.9 Å². The fourth-order valence-corrected chi connectivity index (χ4v) is 5.42. The number of aliphatic imine (C=N–C) groups is 1. The molecule has 2 atom stereocenters. The molecule has 0 aliphatic carbocycles. The highest BCUT2D eigenvalue weighted by atomic mass is 16.5. The van der Waals surface area contributed by atoms with Crippen LogP contribution in [-0.4, -0.2) is 56.4 Å². The zero-order valence-corrected chi connectivity index (χ0v) is 26.7. The summed E-state index contributed by atoms with van der Waals surface area (Å²) in [7, 11) is 3.25. The van der Waals surface area contributed by atoms with Crippen LogP contribution in [0.5, 0.6) is 17.2 Å². The van der Waals surface area contributed by atoms with E-state index in [0.29, 0.717) is 49.0 Å². The third-order valence-electron chi connectivity index (χ3n) is 7.88. The molecule has 0 bridgehead atoms. The summed E-state index contributed by atoms with van der Waals surface area (Å²) >= 11 is 0. The maximum atomic E-state index is 14.4. The molecule has 244 valence electrons. The van der Waals surface area contributed by atoms with Crippen molar-refractivity contribution in [2.75, 3.05) is 34.0 Å². The number of aliphatic hydroxyl groups is 1. The van der Waals surface area contributed by atoms with Gasteiger partial charge in [0.2, 0.25) is 5.90 Å². The molecule has 0 unspecified atom stereocenters. The lowest BCUT2D eigenvalue weighted by atomic mass is 9.84. The number of nitrogens with zero attached hydrogens (tertiary/aromatic N) is 1. The Morgan fingerprint density at radius 2 is 1.72 bits per heavy atom. The van der Waals surface area contributed by atoms with Crippen molar-refractivity contribution in [1.82, 2.24) is 10.9 Å². The molecule has 4 aromatic carbocycles. The largest absolute Gasteiger partial charge is 0.497 e. The van der Waals surface area contributed by atoms with Gasteiger partial charge in [0.05, 0.1) is 20.8 Å². The van der Waals surface area contributed by atoms with Crippen molar-refractivity contribution in [2.45, 2.75) is 30.9 Å². The van der Waals surface area contributed by atoms with Gasteiger partial charge in [0, 0.05) is 31.6 Å². The summed E-state index contributed by atoms with van der Waals surface area (Å²) < 4.78 is 23.3. The first-order chi connectivity index (χ1) is 23.1. The molecular weight excluding hydrogens is 594 g/mol. The van der Waals surface area contributed by atoms with Gasteiger partial charge < -0.3 is 24.1 Å². The highest BCUT2D eigenvalue weighted by Crippen LogP contribution is 2.43. The van der Waals surface area contributed by atoms with Crippen LogP contribution in [0.1, 0.15) is 41.2 Å². The van der Waals surface area contributed by atoms with E-state index in [1.165, 1.54) is 0 Å². The van der Waals surface area contributed by atoms with Gasteiger partial charge >= 0.3 is 0 Å². The molecule has 0 fully saturated rings. The van der Waals surface area contributed by atoms with Crippen LogP contribution < -0.4 is 25.1 Å². The summed E-state index contributed by atoms with van der Waals surface area (Å²) in [5.74, 6) is 2.12. The Morgan fingerprint density at radius 1 is 0.936 bits per heavy atom. The number of benzene rings is 4. The Balaban J connectivity index is 1.47. The number of methoxy groups -OCH3 is 2. The fraction of sp³-hybridized carbons (Fsp3) is 0.263. The van der Waals surface area contributed by atoms with Crippen molar-refractivity contribution < 1.29 is 28.8 Å². The van der Waals surface area contributed by atoms with Crippen molar-refractivity contribution in [1.29, 1.82) is 0 Å². The molecule has 5 rings (SSSR count). The number of carbonyl (C=O) groups is 1. The third kappa shape index (κ3) is 8.38. The molecule has 1 aliphatic heterocycles. The molecule has 1 amide bonds. The first kappa shape index (κ1) is 33.2. The maximum Gasteiger partial charge on any atom is 0.266 e. The second kappa shape index (κ2) is 16.4. The van der Waals surface area contributed by atoms with E-state index in [0.717, 1.165) is 22.4 Å². The number of ether oxygens (including phenoxy) is 4. The van der Waals surface area contributed by atoms with E-state index >= 15 is 0 Å². The monoisotopic (exact) mass is 635 g/mol. The second-order valence-corrected chi connectivity index (χ2v) is 11.0. The first-order valence-electron chi connectivity index (χ1n) is 15.7. The lowest BCUT2D eigenvalue weighted by Crippen LogP contribution is -2.52. The van der Waals surface area contributed by atoms with Crippen molar-refractivity contribution in [3.05, 3.63) is 131 Å². The highest BCUT2D eigenvalue weighted by molar-refractivity contribution is 6.01. The van der Waals surface area contributed by atoms with E-state index in [1.807, 2.05) is 115 Å². The van der Waals surface area contributed by atoms with E-state index in [9.17, 15) is 4.79 Å². The Kier molecular flexibility index (Phi) is 11.6. The molecule has 1 aliphatic rings. The zero-order chi connectivity index (χ0) is 32.9. The molecule has 4 aromatic rings. The van der Waals surface area contributed by atoms with Gasteiger partial charge in [-0.05, 0) is 65.6 Å². The minimum absolute atomic E-state index is 0.0621. The quantitative estimate of drug-likeness (QED) is 0.107. The normalized spacial score (nSPS) is 17.2. The molecule has 0 saturated carbocycles. The summed E-state index contributed by atoms with van der Waals surface area (Å²) in [5, 5.41) is 9.08. The average molecular weight is 636 g/mol. The molecule has 0 saturated heterocycles. The molecule has 3 N–H and O–H groups in total. The summed E-state index contributed by atoms with van der Waals surface area (Å²) in [4.78, 5) is 19.4. The molecular formula is C38H41N3O6. The third-order valence-corrected chi connectivity index (χ3v) is 7.88. The van der Waals surface area contributed by atoms with Crippen LogP contribution in [0.4, 0.5) is 0 Å². The number of rotatable bonds is 16. The lowest BCUT2D eigenvalue weighted by molar-refractivity contribution is -0.129. The van der Waals surface area contributed by atoms with Crippen LogP contribution in [0, 0.1) is 0 Å². The van der Waals surface area contributed by atoms with Gasteiger partial charge in [0.15, 0.2) is 11.6 Å².